The summed E-state index contributed by atoms with van der Waals surface area (Å²) in [5.41, 5.74) is 5.94. The zero-order valence-corrected chi connectivity index (χ0v) is 17.5. The second kappa shape index (κ2) is 8.41. The highest BCUT2D eigenvalue weighted by atomic mass is 16.5. The van der Waals surface area contributed by atoms with Crippen LogP contribution in [0.5, 0.6) is 5.75 Å². The number of ether oxygens (including phenoxy) is 1. The topological polar surface area (TPSA) is 56.2 Å². The normalized spacial score (nSPS) is 10.9. The van der Waals surface area contributed by atoms with E-state index in [0.717, 1.165) is 45.0 Å². The lowest BCUT2D eigenvalue weighted by Crippen LogP contribution is -2.21. The maximum absolute atomic E-state index is 12.9. The van der Waals surface area contributed by atoms with Crippen LogP contribution >= 0.6 is 0 Å². The highest BCUT2D eigenvalue weighted by Gasteiger charge is 2.15. The molecule has 0 fully saturated rings. The first-order valence-corrected chi connectivity index (χ1v) is 9.98. The maximum Gasteiger partial charge on any atom is 0.244 e. The number of rotatable bonds is 6. The number of hydrogen-bond donors (Lipinski definition) is 1. The Morgan fingerprint density at radius 2 is 1.67 bits per heavy atom. The minimum absolute atomic E-state index is 0.0634. The van der Waals surface area contributed by atoms with Gasteiger partial charge in [-0.1, -0.05) is 42.5 Å². The third-order valence-corrected chi connectivity index (χ3v) is 5.30. The molecule has 5 nitrogen and oxygen atoms in total. The number of imidazole rings is 1. The number of aryl methyl sites for hydroxylation is 2. The van der Waals surface area contributed by atoms with Crippen LogP contribution in [0.1, 0.15) is 22.5 Å². The first kappa shape index (κ1) is 19.7. The maximum atomic E-state index is 12.9. The van der Waals surface area contributed by atoms with Gasteiger partial charge in [0.25, 0.3) is 0 Å². The third kappa shape index (κ3) is 4.06. The molecule has 0 radical (unpaired) electrons. The average Bonchev–Trinajstić information content (AvgIpc) is 3.08. The number of nitrogens with zero attached hydrogens (tertiary/aromatic N) is 2. The molecule has 0 unspecified atom stereocenters. The van der Waals surface area contributed by atoms with Crippen molar-refractivity contribution in [2.75, 3.05) is 12.4 Å². The summed E-state index contributed by atoms with van der Waals surface area (Å²) in [6, 6.07) is 21.9. The molecule has 1 amide bonds. The molecule has 1 heterocycles. The first-order valence-electron chi connectivity index (χ1n) is 9.98. The van der Waals surface area contributed by atoms with Crippen molar-refractivity contribution < 1.29 is 9.53 Å². The highest BCUT2D eigenvalue weighted by molar-refractivity contribution is 5.93. The van der Waals surface area contributed by atoms with Crippen molar-refractivity contribution >= 4 is 22.6 Å². The summed E-state index contributed by atoms with van der Waals surface area (Å²) in [7, 11) is 1.66. The molecule has 0 atom stereocenters. The van der Waals surface area contributed by atoms with Gasteiger partial charge >= 0.3 is 0 Å². The number of carbonyl (C=O) groups excluding carboxylic acids is 1. The number of benzene rings is 3. The van der Waals surface area contributed by atoms with Gasteiger partial charge < -0.3 is 14.6 Å². The van der Waals surface area contributed by atoms with Crippen LogP contribution in [0.25, 0.3) is 11.0 Å². The molecule has 152 valence electrons. The Morgan fingerprint density at radius 3 is 2.37 bits per heavy atom. The number of para-hydroxylation sites is 3. The lowest BCUT2D eigenvalue weighted by atomic mass is 10.1. The van der Waals surface area contributed by atoms with Gasteiger partial charge in [-0.15, -0.1) is 0 Å². The van der Waals surface area contributed by atoms with Gasteiger partial charge in [-0.05, 0) is 54.8 Å². The molecule has 0 bridgehead atoms. The van der Waals surface area contributed by atoms with E-state index < -0.39 is 0 Å². The fourth-order valence-electron chi connectivity index (χ4n) is 3.70. The van der Waals surface area contributed by atoms with Crippen LogP contribution in [0.4, 0.5) is 5.69 Å². The van der Waals surface area contributed by atoms with Gasteiger partial charge in [-0.3, -0.25) is 4.79 Å². The largest absolute Gasteiger partial charge is 0.497 e. The number of nitrogens with one attached hydrogen (secondary N) is 1. The van der Waals surface area contributed by atoms with Crippen LogP contribution in [0.2, 0.25) is 0 Å². The Bertz CT molecular complexity index is 1170. The van der Waals surface area contributed by atoms with Gasteiger partial charge in [0.1, 0.15) is 18.1 Å². The van der Waals surface area contributed by atoms with Gasteiger partial charge in [-0.25, -0.2) is 4.98 Å². The van der Waals surface area contributed by atoms with Crippen molar-refractivity contribution in [3.05, 3.63) is 89.2 Å². The van der Waals surface area contributed by atoms with Gasteiger partial charge in [0.2, 0.25) is 5.91 Å². The third-order valence-electron chi connectivity index (χ3n) is 5.30. The van der Waals surface area contributed by atoms with Crippen molar-refractivity contribution in [2.45, 2.75) is 26.8 Å². The van der Waals surface area contributed by atoms with E-state index in [1.807, 2.05) is 85.1 Å². The molecule has 3 aromatic carbocycles. The van der Waals surface area contributed by atoms with E-state index in [2.05, 4.69) is 5.32 Å². The molecule has 4 aromatic rings. The summed E-state index contributed by atoms with van der Waals surface area (Å²) in [5.74, 6) is 1.62. The first-order chi connectivity index (χ1) is 14.5. The zero-order chi connectivity index (χ0) is 21.1. The van der Waals surface area contributed by atoms with Crippen LogP contribution in [-0.2, 0) is 17.8 Å². The summed E-state index contributed by atoms with van der Waals surface area (Å²) >= 11 is 0. The lowest BCUT2D eigenvalue weighted by molar-refractivity contribution is -0.116. The molecule has 1 N–H and O–H groups in total. The van der Waals surface area contributed by atoms with Crippen LogP contribution < -0.4 is 10.1 Å². The number of aromatic nitrogens is 2. The molecule has 0 saturated heterocycles. The lowest BCUT2D eigenvalue weighted by Gasteiger charge is -2.13. The highest BCUT2D eigenvalue weighted by Crippen LogP contribution is 2.22. The predicted molar refractivity (Wildman–Crippen MR) is 120 cm³/mol. The standard InChI is InChI=1S/C25H25N3O2/c1-17-7-6-8-18(2)25(17)27-24(29)16-28-22-10-5-4-9-21(22)26-23(28)15-19-11-13-20(30-3)14-12-19/h4-14H,15-16H2,1-3H3,(H,27,29). The van der Waals surface area contributed by atoms with Crippen molar-refractivity contribution in [3.8, 4) is 5.75 Å². The fourth-order valence-corrected chi connectivity index (χ4v) is 3.70. The minimum Gasteiger partial charge on any atom is -0.497 e. The molecule has 0 aliphatic rings. The van der Waals surface area contributed by atoms with Crippen molar-refractivity contribution in [3.63, 3.8) is 0 Å². The molecular formula is C25H25N3O2. The molecule has 0 aliphatic heterocycles. The summed E-state index contributed by atoms with van der Waals surface area (Å²) in [6.07, 6.45) is 0.634. The van der Waals surface area contributed by atoms with Crippen molar-refractivity contribution in [1.29, 1.82) is 0 Å². The molecule has 0 aliphatic carbocycles. The van der Waals surface area contributed by atoms with Crippen molar-refractivity contribution in [2.24, 2.45) is 0 Å². The molecule has 30 heavy (non-hydrogen) atoms. The second-order valence-corrected chi connectivity index (χ2v) is 7.44. The molecule has 4 rings (SSSR count). The van der Waals surface area contributed by atoms with Crippen LogP contribution in [-0.4, -0.2) is 22.6 Å². The molecule has 1 aromatic heterocycles. The van der Waals surface area contributed by atoms with E-state index in [1.165, 1.54) is 0 Å². The van der Waals surface area contributed by atoms with E-state index in [9.17, 15) is 4.79 Å². The summed E-state index contributed by atoms with van der Waals surface area (Å²) < 4.78 is 7.25. The van der Waals surface area contributed by atoms with Gasteiger partial charge in [0.15, 0.2) is 0 Å². The number of methoxy groups -OCH3 is 1. The quantitative estimate of drug-likeness (QED) is 0.502. The van der Waals surface area contributed by atoms with E-state index in [1.54, 1.807) is 7.11 Å². The van der Waals surface area contributed by atoms with Crippen LogP contribution in [0, 0.1) is 13.8 Å². The van der Waals surface area contributed by atoms with Crippen LogP contribution in [0.3, 0.4) is 0 Å². The Kier molecular flexibility index (Phi) is 5.53. The average molecular weight is 399 g/mol. The number of hydrogen-bond acceptors (Lipinski definition) is 3. The van der Waals surface area contributed by atoms with Gasteiger partial charge in [-0.2, -0.15) is 0 Å². The minimum atomic E-state index is -0.0634. The molecule has 0 saturated carbocycles. The number of anilines is 1. The Morgan fingerprint density at radius 1 is 0.967 bits per heavy atom. The molecule has 5 heteroatoms. The molecular weight excluding hydrogens is 374 g/mol. The fraction of sp³-hybridized carbons (Fsp3) is 0.200. The summed E-state index contributed by atoms with van der Waals surface area (Å²) in [4.78, 5) is 17.7. The van der Waals surface area contributed by atoms with E-state index >= 15 is 0 Å². The zero-order valence-electron chi connectivity index (χ0n) is 17.5. The molecule has 0 spiro atoms. The smallest absolute Gasteiger partial charge is 0.244 e. The SMILES string of the molecule is COc1ccc(Cc2nc3ccccc3n2CC(=O)Nc2c(C)cccc2C)cc1. The number of amides is 1. The van der Waals surface area contributed by atoms with Crippen LogP contribution in [0.15, 0.2) is 66.7 Å². The summed E-state index contributed by atoms with van der Waals surface area (Å²) in [6.45, 7) is 4.22. The Balaban J connectivity index is 1.63. The summed E-state index contributed by atoms with van der Waals surface area (Å²) in [5, 5.41) is 3.08. The predicted octanol–water partition coefficient (Wildman–Crippen LogP) is 4.89. The Hall–Kier alpha value is -3.60. The van der Waals surface area contributed by atoms with Gasteiger partial charge in [0.05, 0.1) is 18.1 Å². The van der Waals surface area contributed by atoms with E-state index in [4.69, 9.17) is 9.72 Å². The van der Waals surface area contributed by atoms with Gasteiger partial charge in [0, 0.05) is 12.1 Å². The van der Waals surface area contributed by atoms with E-state index in [-0.39, 0.29) is 12.5 Å². The monoisotopic (exact) mass is 399 g/mol. The number of carbonyl (C=O) groups is 1. The van der Waals surface area contributed by atoms with Crippen molar-refractivity contribution in [1.82, 2.24) is 9.55 Å². The van der Waals surface area contributed by atoms with E-state index in [0.29, 0.717) is 6.42 Å². The Labute approximate surface area is 176 Å². The number of fused-ring (bicyclic) bond motifs is 1. The second-order valence-electron chi connectivity index (χ2n) is 7.44.